The van der Waals surface area contributed by atoms with Gasteiger partial charge in [0.25, 0.3) is 0 Å². The highest BCUT2D eigenvalue weighted by atomic mass is 15.2. The van der Waals surface area contributed by atoms with Crippen LogP contribution in [0.5, 0.6) is 0 Å². The van der Waals surface area contributed by atoms with Crippen LogP contribution in [0, 0.1) is 5.92 Å². The van der Waals surface area contributed by atoms with Crippen LogP contribution in [0.25, 0.3) is 0 Å². The average Bonchev–Trinajstić information content (AvgIpc) is 3.15. The molecule has 2 heterocycles. The zero-order valence-electron chi connectivity index (χ0n) is 10.5. The van der Waals surface area contributed by atoms with Crippen molar-refractivity contribution >= 4 is 0 Å². The predicted octanol–water partition coefficient (Wildman–Crippen LogP) is 1.65. The zero-order valence-corrected chi connectivity index (χ0v) is 10.5. The fourth-order valence-electron chi connectivity index (χ4n) is 2.85. The van der Waals surface area contributed by atoms with E-state index in [-0.39, 0.29) is 0 Å². The Kier molecular flexibility index (Phi) is 3.12. The van der Waals surface area contributed by atoms with E-state index in [1.54, 1.807) is 0 Å². The minimum atomic E-state index is 0.617. The van der Waals surface area contributed by atoms with Crippen molar-refractivity contribution in [3.63, 3.8) is 0 Å². The highest BCUT2D eigenvalue weighted by molar-refractivity contribution is 5.10. The third-order valence-electron chi connectivity index (χ3n) is 3.95. The Bertz CT molecular complexity index is 361. The van der Waals surface area contributed by atoms with Crippen molar-refractivity contribution in [2.24, 2.45) is 5.92 Å². The highest BCUT2D eigenvalue weighted by Gasteiger charge is 2.37. The highest BCUT2D eigenvalue weighted by Crippen LogP contribution is 2.36. The monoisotopic (exact) mass is 231 g/mol. The van der Waals surface area contributed by atoms with E-state index >= 15 is 0 Å². The van der Waals surface area contributed by atoms with Crippen LogP contribution in [0.15, 0.2) is 24.5 Å². The van der Waals surface area contributed by atoms with Crippen LogP contribution < -0.4 is 5.32 Å². The van der Waals surface area contributed by atoms with Crippen LogP contribution in [-0.4, -0.2) is 35.1 Å². The van der Waals surface area contributed by atoms with Gasteiger partial charge in [-0.25, -0.2) is 0 Å². The van der Waals surface area contributed by atoms with Gasteiger partial charge >= 0.3 is 0 Å². The molecular formula is C14H21N3. The van der Waals surface area contributed by atoms with E-state index in [0.717, 1.165) is 25.0 Å². The third-order valence-corrected chi connectivity index (χ3v) is 3.95. The Hall–Kier alpha value is -0.930. The summed E-state index contributed by atoms with van der Waals surface area (Å²) >= 11 is 0. The maximum Gasteiger partial charge on any atom is 0.0271 e. The van der Waals surface area contributed by atoms with E-state index in [1.165, 1.54) is 24.9 Å². The third kappa shape index (κ3) is 2.67. The minimum absolute atomic E-state index is 0.617. The van der Waals surface area contributed by atoms with Gasteiger partial charge in [0.2, 0.25) is 0 Å². The summed E-state index contributed by atoms with van der Waals surface area (Å²) in [7, 11) is 0. The molecule has 1 aliphatic heterocycles. The van der Waals surface area contributed by atoms with E-state index in [0.29, 0.717) is 6.04 Å². The van der Waals surface area contributed by atoms with Crippen molar-refractivity contribution in [3.8, 4) is 0 Å². The van der Waals surface area contributed by atoms with E-state index in [1.807, 2.05) is 12.4 Å². The van der Waals surface area contributed by atoms with Crippen molar-refractivity contribution in [2.75, 3.05) is 13.1 Å². The first kappa shape index (κ1) is 11.2. The van der Waals surface area contributed by atoms with Gasteiger partial charge in [0.1, 0.15) is 0 Å². The van der Waals surface area contributed by atoms with Gasteiger partial charge in [-0.1, -0.05) is 0 Å². The number of aromatic nitrogens is 1. The fourth-order valence-corrected chi connectivity index (χ4v) is 2.85. The van der Waals surface area contributed by atoms with Crippen molar-refractivity contribution < 1.29 is 0 Å². The van der Waals surface area contributed by atoms with Crippen LogP contribution in [0.2, 0.25) is 0 Å². The second-order valence-electron chi connectivity index (χ2n) is 5.50. The minimum Gasteiger partial charge on any atom is -0.311 e. The molecule has 0 aromatic carbocycles. The van der Waals surface area contributed by atoms with Gasteiger partial charge < -0.3 is 5.32 Å². The first-order valence-electron chi connectivity index (χ1n) is 6.69. The van der Waals surface area contributed by atoms with Crippen molar-refractivity contribution in [2.45, 2.75) is 38.4 Å². The second-order valence-corrected chi connectivity index (χ2v) is 5.50. The molecule has 2 atom stereocenters. The van der Waals surface area contributed by atoms with Crippen LogP contribution in [0.3, 0.4) is 0 Å². The quantitative estimate of drug-likeness (QED) is 0.857. The molecule has 92 valence electrons. The van der Waals surface area contributed by atoms with Gasteiger partial charge in [-0.15, -0.1) is 0 Å². The molecule has 2 fully saturated rings. The average molecular weight is 231 g/mol. The Morgan fingerprint density at radius 2 is 2.12 bits per heavy atom. The Balaban J connectivity index is 1.69. The van der Waals surface area contributed by atoms with Crippen LogP contribution in [0.4, 0.5) is 0 Å². The summed E-state index contributed by atoms with van der Waals surface area (Å²) in [4.78, 5) is 6.75. The number of nitrogens with zero attached hydrogens (tertiary/aromatic N) is 2. The standard InChI is InChI=1S/C14H21N3/c1-11-9-17(10-12-4-6-15-7-5-12)14(8-16-11)13-2-3-13/h4-7,11,13-14,16H,2-3,8-10H2,1H3. The van der Waals surface area contributed by atoms with E-state index < -0.39 is 0 Å². The molecule has 1 aliphatic carbocycles. The molecule has 0 bridgehead atoms. The zero-order chi connectivity index (χ0) is 11.7. The molecule has 0 spiro atoms. The molecule has 2 unspecified atom stereocenters. The summed E-state index contributed by atoms with van der Waals surface area (Å²) in [5, 5.41) is 3.62. The lowest BCUT2D eigenvalue weighted by atomic mass is 10.0. The van der Waals surface area contributed by atoms with Crippen molar-refractivity contribution in [3.05, 3.63) is 30.1 Å². The number of hydrogen-bond donors (Lipinski definition) is 1. The smallest absolute Gasteiger partial charge is 0.0271 e. The molecule has 1 saturated carbocycles. The molecule has 0 amide bonds. The molecule has 3 heteroatoms. The van der Waals surface area contributed by atoms with Crippen LogP contribution in [-0.2, 0) is 6.54 Å². The SMILES string of the molecule is CC1CN(Cc2ccncc2)C(C2CC2)CN1. The molecule has 0 radical (unpaired) electrons. The maximum absolute atomic E-state index is 4.09. The summed E-state index contributed by atoms with van der Waals surface area (Å²) in [6.45, 7) is 5.69. The molecule has 1 aromatic rings. The van der Waals surface area contributed by atoms with Gasteiger partial charge in [-0.05, 0) is 43.4 Å². The maximum atomic E-state index is 4.09. The second kappa shape index (κ2) is 4.75. The summed E-state index contributed by atoms with van der Waals surface area (Å²) in [6, 6.07) is 5.64. The normalized spacial score (nSPS) is 30.4. The van der Waals surface area contributed by atoms with Gasteiger partial charge in [-0.3, -0.25) is 9.88 Å². The Morgan fingerprint density at radius 3 is 2.82 bits per heavy atom. The predicted molar refractivity (Wildman–Crippen MR) is 68.6 cm³/mol. The summed E-state index contributed by atoms with van der Waals surface area (Å²) in [5.74, 6) is 0.942. The van der Waals surface area contributed by atoms with Gasteiger partial charge in [0, 0.05) is 44.1 Å². The van der Waals surface area contributed by atoms with Gasteiger partial charge in [0.05, 0.1) is 0 Å². The lowest BCUT2D eigenvalue weighted by molar-refractivity contribution is 0.112. The Labute approximate surface area is 103 Å². The lowest BCUT2D eigenvalue weighted by Gasteiger charge is -2.39. The summed E-state index contributed by atoms with van der Waals surface area (Å²) in [6.07, 6.45) is 6.64. The van der Waals surface area contributed by atoms with Gasteiger partial charge in [0.15, 0.2) is 0 Å². The molecule has 1 aromatic heterocycles. The Morgan fingerprint density at radius 1 is 1.35 bits per heavy atom. The molecule has 2 aliphatic rings. The summed E-state index contributed by atoms with van der Waals surface area (Å²) in [5.41, 5.74) is 1.39. The molecule has 3 nitrogen and oxygen atoms in total. The van der Waals surface area contributed by atoms with Crippen molar-refractivity contribution in [1.29, 1.82) is 0 Å². The topological polar surface area (TPSA) is 28.2 Å². The van der Waals surface area contributed by atoms with E-state index in [2.05, 4.69) is 34.3 Å². The molecular weight excluding hydrogens is 210 g/mol. The number of nitrogens with one attached hydrogen (secondary N) is 1. The van der Waals surface area contributed by atoms with Crippen molar-refractivity contribution in [1.82, 2.24) is 15.2 Å². The summed E-state index contributed by atoms with van der Waals surface area (Å²) < 4.78 is 0. The molecule has 1 saturated heterocycles. The number of rotatable bonds is 3. The van der Waals surface area contributed by atoms with Crippen LogP contribution >= 0.6 is 0 Å². The first-order valence-corrected chi connectivity index (χ1v) is 6.69. The number of hydrogen-bond acceptors (Lipinski definition) is 3. The van der Waals surface area contributed by atoms with E-state index in [9.17, 15) is 0 Å². The fraction of sp³-hybridized carbons (Fsp3) is 0.643. The van der Waals surface area contributed by atoms with E-state index in [4.69, 9.17) is 0 Å². The number of pyridine rings is 1. The number of piperazine rings is 1. The molecule has 3 rings (SSSR count). The van der Waals surface area contributed by atoms with Gasteiger partial charge in [-0.2, -0.15) is 0 Å². The lowest BCUT2D eigenvalue weighted by Crippen LogP contribution is -2.55. The molecule has 17 heavy (non-hydrogen) atoms. The first-order chi connectivity index (χ1) is 8.33. The van der Waals surface area contributed by atoms with Crippen LogP contribution in [0.1, 0.15) is 25.3 Å². The molecule has 1 N–H and O–H groups in total. The largest absolute Gasteiger partial charge is 0.311 e.